The average molecular weight is 273 g/mol. The molecule has 0 saturated heterocycles. The lowest BCUT2D eigenvalue weighted by molar-refractivity contribution is -0.279. The van der Waals surface area contributed by atoms with Gasteiger partial charge in [0.25, 0.3) is 0 Å². The molecule has 1 N–H and O–H groups in total. The largest absolute Gasteiger partial charge is 0.364 e. The van der Waals surface area contributed by atoms with Gasteiger partial charge in [-0.15, -0.1) is 6.58 Å². The highest BCUT2D eigenvalue weighted by Crippen LogP contribution is 2.15. The molecule has 0 spiro atoms. The zero-order valence-corrected chi connectivity index (χ0v) is 12.5. The van der Waals surface area contributed by atoms with Gasteiger partial charge in [0.05, 0.1) is 6.10 Å². The van der Waals surface area contributed by atoms with Crippen molar-refractivity contribution in [1.82, 2.24) is 4.90 Å². The first-order chi connectivity index (χ1) is 8.91. The molecule has 0 aliphatic carbocycles. The Balaban J connectivity index is 4.27. The number of nitrogens with zero attached hydrogens (tertiary/aromatic N) is 1. The van der Waals surface area contributed by atoms with E-state index in [1.54, 1.807) is 6.92 Å². The molecule has 3 atom stereocenters. The first-order valence-electron chi connectivity index (χ1n) is 6.75. The van der Waals surface area contributed by atoms with Crippen LogP contribution in [0.15, 0.2) is 12.7 Å². The van der Waals surface area contributed by atoms with Crippen LogP contribution in [0.5, 0.6) is 0 Å². The van der Waals surface area contributed by atoms with Crippen molar-refractivity contribution in [1.29, 1.82) is 0 Å². The third kappa shape index (κ3) is 6.82. The number of aldehydes is 1. The van der Waals surface area contributed by atoms with Crippen LogP contribution in [0.2, 0.25) is 0 Å². The van der Waals surface area contributed by atoms with Crippen molar-refractivity contribution in [3.63, 3.8) is 0 Å². The summed E-state index contributed by atoms with van der Waals surface area (Å²) < 4.78 is 10.8. The van der Waals surface area contributed by atoms with Gasteiger partial charge in [-0.2, -0.15) is 0 Å². The summed E-state index contributed by atoms with van der Waals surface area (Å²) in [5.41, 5.74) is 0. The zero-order valence-electron chi connectivity index (χ0n) is 12.5. The molecule has 0 aromatic carbocycles. The SMILES string of the molecule is C=CC(C=O)OC(C)CCN(CC)C(C)(O)OCC. The molecule has 19 heavy (non-hydrogen) atoms. The smallest absolute Gasteiger partial charge is 0.224 e. The van der Waals surface area contributed by atoms with Gasteiger partial charge in [-0.1, -0.05) is 13.0 Å². The van der Waals surface area contributed by atoms with Crippen LogP contribution in [0, 0.1) is 0 Å². The molecule has 0 rings (SSSR count). The van der Waals surface area contributed by atoms with E-state index in [1.165, 1.54) is 6.08 Å². The Hall–Kier alpha value is -0.750. The monoisotopic (exact) mass is 273 g/mol. The van der Waals surface area contributed by atoms with Gasteiger partial charge in [-0.05, 0) is 20.3 Å². The van der Waals surface area contributed by atoms with Gasteiger partial charge in [0.1, 0.15) is 6.10 Å². The van der Waals surface area contributed by atoms with E-state index < -0.39 is 12.0 Å². The summed E-state index contributed by atoms with van der Waals surface area (Å²) >= 11 is 0. The van der Waals surface area contributed by atoms with E-state index in [0.717, 1.165) is 6.29 Å². The summed E-state index contributed by atoms with van der Waals surface area (Å²) in [6, 6.07) is 0. The van der Waals surface area contributed by atoms with Crippen molar-refractivity contribution < 1.29 is 19.4 Å². The third-order valence-corrected chi connectivity index (χ3v) is 2.95. The standard InChI is InChI=1S/C14H27NO4/c1-6-13(11-16)19-12(4)9-10-15(7-2)14(5,17)18-8-3/h6,11-13,17H,1,7-10H2,2-5H3. The predicted octanol–water partition coefficient (Wildman–Crippen LogP) is 1.56. The van der Waals surface area contributed by atoms with E-state index in [2.05, 4.69) is 6.58 Å². The number of ether oxygens (including phenoxy) is 2. The summed E-state index contributed by atoms with van der Waals surface area (Å²) in [7, 11) is 0. The third-order valence-electron chi connectivity index (χ3n) is 2.95. The number of carbonyl (C=O) groups excluding carboxylic acids is 1. The maximum Gasteiger partial charge on any atom is 0.224 e. The van der Waals surface area contributed by atoms with Crippen LogP contribution in [0.1, 0.15) is 34.1 Å². The quantitative estimate of drug-likeness (QED) is 0.352. The Morgan fingerprint density at radius 1 is 1.47 bits per heavy atom. The highest BCUT2D eigenvalue weighted by molar-refractivity contribution is 5.58. The molecule has 3 unspecified atom stereocenters. The van der Waals surface area contributed by atoms with E-state index in [-0.39, 0.29) is 6.10 Å². The fourth-order valence-corrected chi connectivity index (χ4v) is 1.84. The van der Waals surface area contributed by atoms with Crippen LogP contribution in [-0.2, 0) is 14.3 Å². The van der Waals surface area contributed by atoms with E-state index in [9.17, 15) is 9.90 Å². The van der Waals surface area contributed by atoms with Crippen molar-refractivity contribution in [2.75, 3.05) is 19.7 Å². The van der Waals surface area contributed by atoms with Gasteiger partial charge in [0, 0.05) is 26.6 Å². The molecule has 0 aromatic rings. The molecule has 112 valence electrons. The molecule has 0 amide bonds. The molecular formula is C14H27NO4. The predicted molar refractivity (Wildman–Crippen MR) is 74.7 cm³/mol. The summed E-state index contributed by atoms with van der Waals surface area (Å²) in [5, 5.41) is 10.2. The van der Waals surface area contributed by atoms with Gasteiger partial charge in [-0.3, -0.25) is 4.90 Å². The first kappa shape index (κ1) is 18.2. The van der Waals surface area contributed by atoms with Crippen molar-refractivity contribution in [2.24, 2.45) is 0 Å². The minimum atomic E-state index is -1.27. The molecular weight excluding hydrogens is 246 g/mol. The van der Waals surface area contributed by atoms with Crippen molar-refractivity contribution in [2.45, 2.75) is 52.2 Å². The van der Waals surface area contributed by atoms with E-state index >= 15 is 0 Å². The highest BCUT2D eigenvalue weighted by atomic mass is 16.6. The van der Waals surface area contributed by atoms with Gasteiger partial charge in [0.2, 0.25) is 5.91 Å². The molecule has 0 fully saturated rings. The number of aliphatic hydroxyl groups is 1. The van der Waals surface area contributed by atoms with Gasteiger partial charge in [0.15, 0.2) is 6.29 Å². The Morgan fingerprint density at radius 3 is 2.53 bits per heavy atom. The molecule has 0 saturated carbocycles. The summed E-state index contributed by atoms with van der Waals surface area (Å²) in [5.74, 6) is -1.27. The Morgan fingerprint density at radius 2 is 2.11 bits per heavy atom. The number of hydrogen-bond donors (Lipinski definition) is 1. The fourth-order valence-electron chi connectivity index (χ4n) is 1.84. The van der Waals surface area contributed by atoms with E-state index in [0.29, 0.717) is 26.1 Å². The molecule has 0 aromatic heterocycles. The molecule has 0 aliphatic rings. The number of hydrogen-bond acceptors (Lipinski definition) is 5. The zero-order chi connectivity index (χ0) is 14.9. The lowest BCUT2D eigenvalue weighted by Gasteiger charge is -2.36. The molecule has 0 radical (unpaired) electrons. The second-order valence-electron chi connectivity index (χ2n) is 4.52. The first-order valence-corrected chi connectivity index (χ1v) is 6.75. The lowest BCUT2D eigenvalue weighted by Crippen LogP contribution is -2.49. The van der Waals surface area contributed by atoms with Gasteiger partial charge < -0.3 is 19.4 Å². The summed E-state index contributed by atoms with van der Waals surface area (Å²) in [6.07, 6.45) is 2.21. The molecule has 0 heterocycles. The Bertz CT molecular complexity index is 260. The van der Waals surface area contributed by atoms with Crippen molar-refractivity contribution >= 4 is 6.29 Å². The van der Waals surface area contributed by atoms with E-state index in [1.807, 2.05) is 25.7 Å². The molecule has 0 aliphatic heterocycles. The summed E-state index contributed by atoms with van der Waals surface area (Å²) in [6.45, 7) is 12.6. The van der Waals surface area contributed by atoms with Crippen LogP contribution in [0.3, 0.4) is 0 Å². The second-order valence-corrected chi connectivity index (χ2v) is 4.52. The van der Waals surface area contributed by atoms with Gasteiger partial charge >= 0.3 is 0 Å². The minimum absolute atomic E-state index is 0.0975. The number of carbonyl (C=O) groups is 1. The van der Waals surface area contributed by atoms with Crippen molar-refractivity contribution in [3.8, 4) is 0 Å². The van der Waals surface area contributed by atoms with Crippen LogP contribution >= 0.6 is 0 Å². The van der Waals surface area contributed by atoms with Crippen LogP contribution in [0.25, 0.3) is 0 Å². The minimum Gasteiger partial charge on any atom is -0.364 e. The number of rotatable bonds is 11. The van der Waals surface area contributed by atoms with E-state index in [4.69, 9.17) is 9.47 Å². The Labute approximate surface area is 116 Å². The molecule has 5 heteroatoms. The summed E-state index contributed by atoms with van der Waals surface area (Å²) in [4.78, 5) is 12.5. The topological polar surface area (TPSA) is 59.0 Å². The second kappa shape index (κ2) is 9.20. The van der Waals surface area contributed by atoms with Crippen molar-refractivity contribution in [3.05, 3.63) is 12.7 Å². The highest BCUT2D eigenvalue weighted by Gasteiger charge is 2.28. The van der Waals surface area contributed by atoms with Crippen LogP contribution in [0.4, 0.5) is 0 Å². The fraction of sp³-hybridized carbons (Fsp3) is 0.786. The molecule has 0 bridgehead atoms. The maximum absolute atomic E-state index is 10.6. The maximum atomic E-state index is 10.6. The van der Waals surface area contributed by atoms with Crippen LogP contribution < -0.4 is 0 Å². The van der Waals surface area contributed by atoms with Gasteiger partial charge in [-0.25, -0.2) is 0 Å². The average Bonchev–Trinajstić information content (AvgIpc) is 2.36. The Kier molecular flexibility index (Phi) is 8.84. The lowest BCUT2D eigenvalue weighted by atomic mass is 10.2. The van der Waals surface area contributed by atoms with Crippen LogP contribution in [-0.4, -0.2) is 54.1 Å². The normalized spacial score (nSPS) is 17.8. The molecule has 5 nitrogen and oxygen atoms in total.